The van der Waals surface area contributed by atoms with E-state index >= 15 is 0 Å². The third-order valence-corrected chi connectivity index (χ3v) is 4.12. The maximum absolute atomic E-state index is 13.5. The first-order valence-electron chi connectivity index (χ1n) is 8.21. The highest BCUT2D eigenvalue weighted by Crippen LogP contribution is 2.40. The fourth-order valence-electron chi connectivity index (χ4n) is 2.88. The lowest BCUT2D eigenvalue weighted by atomic mass is 10.1. The number of benzene rings is 2. The Morgan fingerprint density at radius 2 is 1.75 bits per heavy atom. The third-order valence-electron chi connectivity index (χ3n) is 4.12. The molecule has 0 saturated carbocycles. The van der Waals surface area contributed by atoms with E-state index in [4.69, 9.17) is 18.9 Å². The Bertz CT molecular complexity index is 1000. The molecule has 0 saturated heterocycles. The lowest BCUT2D eigenvalue weighted by molar-refractivity contribution is 0.0384. The van der Waals surface area contributed by atoms with Gasteiger partial charge in [0.2, 0.25) is 5.75 Å². The first-order chi connectivity index (χ1) is 13.5. The molecule has 0 aliphatic carbocycles. The molecular weight excluding hydrogens is 374 g/mol. The van der Waals surface area contributed by atoms with E-state index in [9.17, 15) is 13.6 Å². The lowest BCUT2D eigenvalue weighted by Gasteiger charge is -2.15. The Labute approximate surface area is 159 Å². The van der Waals surface area contributed by atoms with Crippen molar-refractivity contribution in [2.45, 2.75) is 13.2 Å². The summed E-state index contributed by atoms with van der Waals surface area (Å²) in [7, 11) is 4.22. The number of halogens is 2. The van der Waals surface area contributed by atoms with Crippen LogP contribution < -0.4 is 14.2 Å². The SMILES string of the molecule is COc1ccc(C(=O)OCc2nc3ccccc3n2C(F)F)c(OC)c1OC. The van der Waals surface area contributed by atoms with Crippen LogP contribution in [0.1, 0.15) is 22.7 Å². The summed E-state index contributed by atoms with van der Waals surface area (Å²) in [6, 6.07) is 9.42. The number of esters is 1. The number of carbonyl (C=O) groups is 1. The number of rotatable bonds is 7. The first kappa shape index (κ1) is 19.4. The van der Waals surface area contributed by atoms with Gasteiger partial charge in [-0.3, -0.25) is 4.57 Å². The van der Waals surface area contributed by atoms with E-state index in [0.717, 1.165) is 4.57 Å². The average Bonchev–Trinajstić information content (AvgIpc) is 3.09. The molecule has 9 heteroatoms. The zero-order valence-electron chi connectivity index (χ0n) is 15.4. The second-order valence-electron chi connectivity index (χ2n) is 5.62. The van der Waals surface area contributed by atoms with Crippen molar-refractivity contribution in [2.75, 3.05) is 21.3 Å². The van der Waals surface area contributed by atoms with E-state index in [2.05, 4.69) is 4.98 Å². The number of methoxy groups -OCH3 is 3. The van der Waals surface area contributed by atoms with E-state index in [-0.39, 0.29) is 28.4 Å². The maximum Gasteiger partial charge on any atom is 0.342 e. The van der Waals surface area contributed by atoms with Gasteiger partial charge in [0, 0.05) is 0 Å². The van der Waals surface area contributed by atoms with Crippen LogP contribution in [0.2, 0.25) is 0 Å². The third kappa shape index (κ3) is 3.42. The largest absolute Gasteiger partial charge is 0.493 e. The number of nitrogens with zero attached hydrogens (tertiary/aromatic N) is 2. The van der Waals surface area contributed by atoms with Gasteiger partial charge in [-0.25, -0.2) is 9.78 Å². The summed E-state index contributed by atoms with van der Waals surface area (Å²) < 4.78 is 48.5. The number of hydrogen-bond donors (Lipinski definition) is 0. The van der Waals surface area contributed by atoms with Crippen molar-refractivity contribution in [3.05, 3.63) is 47.8 Å². The second-order valence-corrected chi connectivity index (χ2v) is 5.62. The normalized spacial score (nSPS) is 10.9. The van der Waals surface area contributed by atoms with Gasteiger partial charge in [-0.15, -0.1) is 0 Å². The van der Waals surface area contributed by atoms with E-state index in [1.807, 2.05) is 0 Å². The smallest absolute Gasteiger partial charge is 0.342 e. The predicted molar refractivity (Wildman–Crippen MR) is 96.2 cm³/mol. The quantitative estimate of drug-likeness (QED) is 0.570. The van der Waals surface area contributed by atoms with Crippen molar-refractivity contribution in [1.29, 1.82) is 0 Å². The minimum absolute atomic E-state index is 0.0657. The summed E-state index contributed by atoms with van der Waals surface area (Å²) in [5, 5.41) is 0. The summed E-state index contributed by atoms with van der Waals surface area (Å²) in [5.41, 5.74) is 0.713. The number of para-hydroxylation sites is 2. The molecule has 3 rings (SSSR count). The number of hydrogen-bond acceptors (Lipinski definition) is 6. The van der Waals surface area contributed by atoms with Gasteiger partial charge in [-0.1, -0.05) is 12.1 Å². The first-order valence-corrected chi connectivity index (χ1v) is 8.21. The van der Waals surface area contributed by atoms with Crippen LogP contribution in [0.3, 0.4) is 0 Å². The Morgan fingerprint density at radius 1 is 1.04 bits per heavy atom. The lowest BCUT2D eigenvalue weighted by Crippen LogP contribution is -2.12. The van der Waals surface area contributed by atoms with E-state index < -0.39 is 19.1 Å². The molecule has 0 fully saturated rings. The van der Waals surface area contributed by atoms with Crippen LogP contribution in [0, 0.1) is 0 Å². The van der Waals surface area contributed by atoms with Gasteiger partial charge in [-0.05, 0) is 24.3 Å². The fourth-order valence-corrected chi connectivity index (χ4v) is 2.88. The Balaban J connectivity index is 1.89. The van der Waals surface area contributed by atoms with Crippen LogP contribution in [0.15, 0.2) is 36.4 Å². The molecule has 0 atom stereocenters. The summed E-state index contributed by atoms with van der Waals surface area (Å²) in [5.74, 6) is -0.126. The Kier molecular flexibility index (Phi) is 5.62. The topological polar surface area (TPSA) is 71.8 Å². The molecular formula is C19H18F2N2O5. The van der Waals surface area contributed by atoms with Crippen LogP contribution in [0.5, 0.6) is 17.2 Å². The zero-order valence-corrected chi connectivity index (χ0v) is 15.4. The molecule has 0 spiro atoms. The fraction of sp³-hybridized carbons (Fsp3) is 0.263. The summed E-state index contributed by atoms with van der Waals surface area (Å²) in [6.45, 7) is -3.26. The van der Waals surface area contributed by atoms with Crippen LogP contribution in [0.25, 0.3) is 11.0 Å². The van der Waals surface area contributed by atoms with Crippen LogP contribution in [-0.2, 0) is 11.3 Å². The van der Waals surface area contributed by atoms with E-state index in [1.165, 1.54) is 39.5 Å². The molecule has 148 valence electrons. The number of ether oxygens (including phenoxy) is 4. The van der Waals surface area contributed by atoms with Gasteiger partial charge in [0.25, 0.3) is 0 Å². The molecule has 0 amide bonds. The summed E-state index contributed by atoms with van der Waals surface area (Å²) in [4.78, 5) is 16.7. The minimum Gasteiger partial charge on any atom is -0.493 e. The molecule has 0 N–H and O–H groups in total. The molecule has 1 heterocycles. The molecule has 0 aliphatic heterocycles. The molecule has 0 radical (unpaired) electrons. The summed E-state index contributed by atoms with van der Waals surface area (Å²) in [6.07, 6.45) is 0. The summed E-state index contributed by atoms with van der Waals surface area (Å²) >= 11 is 0. The van der Waals surface area contributed by atoms with Crippen molar-refractivity contribution in [2.24, 2.45) is 0 Å². The maximum atomic E-state index is 13.5. The second kappa shape index (κ2) is 8.12. The molecule has 0 bridgehead atoms. The van der Waals surface area contributed by atoms with Crippen LogP contribution >= 0.6 is 0 Å². The van der Waals surface area contributed by atoms with Crippen LogP contribution in [-0.4, -0.2) is 36.8 Å². The van der Waals surface area contributed by atoms with Gasteiger partial charge >= 0.3 is 12.5 Å². The average molecular weight is 392 g/mol. The van der Waals surface area contributed by atoms with Gasteiger partial charge in [0.1, 0.15) is 12.2 Å². The Morgan fingerprint density at radius 3 is 2.39 bits per heavy atom. The van der Waals surface area contributed by atoms with Crippen molar-refractivity contribution in [1.82, 2.24) is 9.55 Å². The molecule has 0 aliphatic rings. The molecule has 7 nitrogen and oxygen atoms in total. The molecule has 2 aromatic carbocycles. The Hall–Kier alpha value is -3.36. The van der Waals surface area contributed by atoms with E-state index in [1.54, 1.807) is 18.2 Å². The molecule has 1 aromatic heterocycles. The number of imidazole rings is 1. The van der Waals surface area contributed by atoms with Gasteiger partial charge < -0.3 is 18.9 Å². The molecule has 3 aromatic rings. The van der Waals surface area contributed by atoms with Gasteiger partial charge in [0.15, 0.2) is 17.3 Å². The highest BCUT2D eigenvalue weighted by molar-refractivity contribution is 5.94. The van der Waals surface area contributed by atoms with Crippen molar-refractivity contribution in [3.63, 3.8) is 0 Å². The standard InChI is InChI=1S/C19H18F2N2O5/c1-25-14-9-8-11(16(26-2)17(14)27-3)18(24)28-10-15-22-12-6-4-5-7-13(12)23(15)19(20)21/h4-9,19H,10H2,1-3H3. The van der Waals surface area contributed by atoms with Crippen molar-refractivity contribution in [3.8, 4) is 17.2 Å². The van der Waals surface area contributed by atoms with Gasteiger partial charge in [-0.2, -0.15) is 8.78 Å². The number of carbonyl (C=O) groups excluding carboxylic acids is 1. The van der Waals surface area contributed by atoms with Crippen molar-refractivity contribution >= 4 is 17.0 Å². The minimum atomic E-state index is -2.82. The van der Waals surface area contributed by atoms with E-state index in [0.29, 0.717) is 11.3 Å². The molecule has 0 unspecified atom stereocenters. The highest BCUT2D eigenvalue weighted by Gasteiger charge is 2.23. The predicted octanol–water partition coefficient (Wildman–Crippen LogP) is 3.81. The van der Waals surface area contributed by atoms with Crippen LogP contribution in [0.4, 0.5) is 8.78 Å². The van der Waals surface area contributed by atoms with Crippen molar-refractivity contribution < 1.29 is 32.5 Å². The number of aromatic nitrogens is 2. The molecule has 28 heavy (non-hydrogen) atoms. The monoisotopic (exact) mass is 392 g/mol. The highest BCUT2D eigenvalue weighted by atomic mass is 19.3. The number of fused-ring (bicyclic) bond motifs is 1. The number of alkyl halides is 2. The zero-order chi connectivity index (χ0) is 20.3. The van der Waals surface area contributed by atoms with Gasteiger partial charge in [0.05, 0.1) is 32.4 Å².